The number of hydrogen-bond donors (Lipinski definition) is 3. The quantitative estimate of drug-likeness (QED) is 0.539. The molecule has 24 heavy (non-hydrogen) atoms. The van der Waals surface area contributed by atoms with Crippen LogP contribution >= 0.6 is 23.8 Å². The topological polar surface area (TPSA) is 71.6 Å². The second kappa shape index (κ2) is 9.00. The Morgan fingerprint density at radius 2 is 2.33 bits per heavy atom. The average Bonchev–Trinajstić information content (AvgIpc) is 3.06. The normalized spacial score (nSPS) is 17.9. The Hall–Kier alpha value is -1.64. The van der Waals surface area contributed by atoms with Gasteiger partial charge in [0.25, 0.3) is 5.91 Å². The second-order valence-electron chi connectivity index (χ2n) is 5.29. The van der Waals surface area contributed by atoms with Crippen LogP contribution in [-0.4, -0.2) is 36.4 Å². The highest BCUT2D eigenvalue weighted by Crippen LogP contribution is 2.25. The van der Waals surface area contributed by atoms with Gasteiger partial charge in [-0.25, -0.2) is 4.39 Å². The SMILES string of the molecule is C[C@@H](Oc1ccc(F)cc1Cl)C(=O)NNC(=S)NC[C@H]1CCCO1. The van der Waals surface area contributed by atoms with Crippen molar-refractivity contribution in [2.24, 2.45) is 0 Å². The van der Waals surface area contributed by atoms with Crippen LogP contribution in [0, 0.1) is 5.82 Å². The van der Waals surface area contributed by atoms with Crippen LogP contribution in [0.25, 0.3) is 0 Å². The van der Waals surface area contributed by atoms with Crippen molar-refractivity contribution < 1.29 is 18.7 Å². The van der Waals surface area contributed by atoms with E-state index in [0.29, 0.717) is 6.54 Å². The second-order valence-corrected chi connectivity index (χ2v) is 6.11. The third kappa shape index (κ3) is 5.77. The molecule has 1 saturated heterocycles. The Bertz CT molecular complexity index is 599. The fourth-order valence-corrected chi connectivity index (χ4v) is 2.44. The van der Waals surface area contributed by atoms with Gasteiger partial charge in [0.2, 0.25) is 0 Å². The maximum absolute atomic E-state index is 13.0. The number of ether oxygens (including phenoxy) is 2. The predicted molar refractivity (Wildman–Crippen MR) is 92.4 cm³/mol. The van der Waals surface area contributed by atoms with Gasteiger partial charge in [-0.2, -0.15) is 0 Å². The molecule has 3 N–H and O–H groups in total. The minimum absolute atomic E-state index is 0.0939. The molecule has 1 aliphatic rings. The van der Waals surface area contributed by atoms with Gasteiger partial charge in [-0.05, 0) is 50.2 Å². The molecule has 9 heteroatoms. The first-order chi connectivity index (χ1) is 11.5. The summed E-state index contributed by atoms with van der Waals surface area (Å²) in [7, 11) is 0. The molecule has 1 aromatic carbocycles. The van der Waals surface area contributed by atoms with E-state index in [9.17, 15) is 9.18 Å². The summed E-state index contributed by atoms with van der Waals surface area (Å²) in [5.41, 5.74) is 5.02. The Labute approximate surface area is 150 Å². The largest absolute Gasteiger partial charge is 0.479 e. The van der Waals surface area contributed by atoms with Gasteiger partial charge < -0.3 is 14.8 Å². The van der Waals surface area contributed by atoms with Crippen molar-refractivity contribution in [3.8, 4) is 5.75 Å². The molecule has 0 radical (unpaired) electrons. The van der Waals surface area contributed by atoms with Crippen molar-refractivity contribution in [3.05, 3.63) is 29.0 Å². The van der Waals surface area contributed by atoms with E-state index in [4.69, 9.17) is 33.3 Å². The lowest BCUT2D eigenvalue weighted by Crippen LogP contribution is -2.51. The van der Waals surface area contributed by atoms with E-state index >= 15 is 0 Å². The fraction of sp³-hybridized carbons (Fsp3) is 0.467. The molecule has 0 saturated carbocycles. The smallest absolute Gasteiger partial charge is 0.279 e. The van der Waals surface area contributed by atoms with Crippen LogP contribution in [0.4, 0.5) is 4.39 Å². The minimum atomic E-state index is -0.846. The summed E-state index contributed by atoms with van der Waals surface area (Å²) in [5.74, 6) is -0.703. The van der Waals surface area contributed by atoms with E-state index in [2.05, 4.69) is 16.2 Å². The van der Waals surface area contributed by atoms with Crippen LogP contribution in [0.2, 0.25) is 5.02 Å². The van der Waals surface area contributed by atoms with Crippen LogP contribution in [0.5, 0.6) is 5.75 Å². The van der Waals surface area contributed by atoms with Crippen LogP contribution in [-0.2, 0) is 9.53 Å². The number of rotatable bonds is 5. The molecular formula is C15H19ClFN3O3S. The van der Waals surface area contributed by atoms with Crippen LogP contribution in [0.15, 0.2) is 18.2 Å². The number of hydrogen-bond acceptors (Lipinski definition) is 4. The third-order valence-corrected chi connectivity index (χ3v) is 3.92. The average molecular weight is 376 g/mol. The van der Waals surface area contributed by atoms with Gasteiger partial charge in [0, 0.05) is 13.2 Å². The Kier molecular flexibility index (Phi) is 7.01. The van der Waals surface area contributed by atoms with E-state index < -0.39 is 17.8 Å². The van der Waals surface area contributed by atoms with E-state index in [1.165, 1.54) is 12.1 Å². The first-order valence-corrected chi connectivity index (χ1v) is 8.31. The van der Waals surface area contributed by atoms with Crippen molar-refractivity contribution in [1.29, 1.82) is 0 Å². The molecule has 0 aromatic heterocycles. The monoisotopic (exact) mass is 375 g/mol. The highest BCUT2D eigenvalue weighted by atomic mass is 35.5. The Morgan fingerprint density at radius 3 is 3.00 bits per heavy atom. The molecule has 1 aromatic rings. The first kappa shape index (κ1) is 18.7. The number of hydrazine groups is 1. The molecule has 0 bridgehead atoms. The molecule has 0 aliphatic carbocycles. The van der Waals surface area contributed by atoms with Crippen molar-refractivity contribution in [3.63, 3.8) is 0 Å². The van der Waals surface area contributed by atoms with E-state index in [0.717, 1.165) is 25.5 Å². The van der Waals surface area contributed by atoms with Gasteiger partial charge in [-0.3, -0.25) is 15.6 Å². The lowest BCUT2D eigenvalue weighted by Gasteiger charge is -2.18. The molecule has 2 atom stereocenters. The minimum Gasteiger partial charge on any atom is -0.479 e. The lowest BCUT2D eigenvalue weighted by molar-refractivity contribution is -0.127. The zero-order chi connectivity index (χ0) is 17.5. The van der Waals surface area contributed by atoms with E-state index in [1.807, 2.05) is 0 Å². The van der Waals surface area contributed by atoms with E-state index in [1.54, 1.807) is 6.92 Å². The number of benzene rings is 1. The summed E-state index contributed by atoms with van der Waals surface area (Å²) >= 11 is 10.9. The number of nitrogens with one attached hydrogen (secondary N) is 3. The predicted octanol–water partition coefficient (Wildman–Crippen LogP) is 1.92. The van der Waals surface area contributed by atoms with Crippen LogP contribution in [0.3, 0.4) is 0 Å². The summed E-state index contributed by atoms with van der Waals surface area (Å²) < 4.78 is 23.8. The first-order valence-electron chi connectivity index (χ1n) is 7.52. The van der Waals surface area contributed by atoms with Gasteiger partial charge in [0.15, 0.2) is 11.2 Å². The molecule has 0 spiro atoms. The van der Waals surface area contributed by atoms with Gasteiger partial charge >= 0.3 is 0 Å². The molecule has 6 nitrogen and oxygen atoms in total. The summed E-state index contributed by atoms with van der Waals surface area (Å²) in [6, 6.07) is 3.68. The molecule has 1 heterocycles. The number of halogens is 2. The number of thiocarbonyl (C=S) groups is 1. The molecule has 2 rings (SSSR count). The van der Waals surface area contributed by atoms with Gasteiger partial charge in [-0.15, -0.1) is 0 Å². The molecule has 0 unspecified atom stereocenters. The van der Waals surface area contributed by atoms with E-state index in [-0.39, 0.29) is 22.0 Å². The lowest BCUT2D eigenvalue weighted by atomic mass is 10.2. The molecule has 1 aliphatic heterocycles. The highest BCUT2D eigenvalue weighted by molar-refractivity contribution is 7.80. The summed E-state index contributed by atoms with van der Waals surface area (Å²) in [5, 5.41) is 3.34. The van der Waals surface area contributed by atoms with Gasteiger partial charge in [0.1, 0.15) is 11.6 Å². The maximum atomic E-state index is 13.0. The summed E-state index contributed by atoms with van der Waals surface area (Å²) in [6.45, 7) is 2.89. The highest BCUT2D eigenvalue weighted by Gasteiger charge is 2.18. The molecule has 132 valence electrons. The number of carbonyl (C=O) groups is 1. The molecule has 1 amide bonds. The van der Waals surface area contributed by atoms with Crippen molar-refractivity contribution in [1.82, 2.24) is 16.2 Å². The van der Waals surface area contributed by atoms with Crippen molar-refractivity contribution in [2.45, 2.75) is 32.0 Å². The van der Waals surface area contributed by atoms with Gasteiger partial charge in [0.05, 0.1) is 11.1 Å². The summed E-state index contributed by atoms with van der Waals surface area (Å²) in [4.78, 5) is 12.0. The third-order valence-electron chi connectivity index (χ3n) is 3.38. The maximum Gasteiger partial charge on any atom is 0.279 e. The van der Waals surface area contributed by atoms with Crippen molar-refractivity contribution >= 4 is 34.8 Å². The van der Waals surface area contributed by atoms with Crippen LogP contribution < -0.4 is 20.9 Å². The number of carbonyl (C=O) groups excluding carboxylic acids is 1. The van der Waals surface area contributed by atoms with Crippen molar-refractivity contribution in [2.75, 3.05) is 13.2 Å². The zero-order valence-corrected chi connectivity index (χ0v) is 14.7. The van der Waals surface area contributed by atoms with Crippen LogP contribution in [0.1, 0.15) is 19.8 Å². The fourth-order valence-electron chi connectivity index (χ4n) is 2.09. The van der Waals surface area contributed by atoms with Gasteiger partial charge in [-0.1, -0.05) is 11.6 Å². The standard InChI is InChI=1S/C15H19ClFN3O3S/c1-9(23-13-5-4-10(17)7-12(13)16)14(21)19-20-15(24)18-8-11-3-2-6-22-11/h4-5,7,9,11H,2-3,6,8H2,1H3,(H,19,21)(H2,18,20,24)/t9-,11-/m1/s1. The Balaban J connectivity index is 1.71. The molecule has 1 fully saturated rings. The Morgan fingerprint density at radius 1 is 1.54 bits per heavy atom. The number of amides is 1. The summed E-state index contributed by atoms with van der Waals surface area (Å²) in [6.07, 6.45) is 1.33. The zero-order valence-electron chi connectivity index (χ0n) is 13.1. The molecular weight excluding hydrogens is 357 g/mol.